The highest BCUT2D eigenvalue weighted by Crippen LogP contribution is 2.38. The van der Waals surface area contributed by atoms with E-state index in [-0.39, 0.29) is 6.03 Å². The number of halogens is 1. The van der Waals surface area contributed by atoms with Gasteiger partial charge in [0.25, 0.3) is 0 Å². The Morgan fingerprint density at radius 1 is 1.42 bits per heavy atom. The van der Waals surface area contributed by atoms with Crippen LogP contribution in [0.1, 0.15) is 25.0 Å². The minimum Gasteiger partial charge on any atom is -0.324 e. The van der Waals surface area contributed by atoms with Gasteiger partial charge >= 0.3 is 6.03 Å². The van der Waals surface area contributed by atoms with Gasteiger partial charge in [0.05, 0.1) is 16.4 Å². The van der Waals surface area contributed by atoms with Gasteiger partial charge in [-0.15, -0.1) is 0 Å². The van der Waals surface area contributed by atoms with Gasteiger partial charge in [0, 0.05) is 19.3 Å². The Bertz CT molecular complexity index is 493. The quantitative estimate of drug-likeness (QED) is 0.857. The van der Waals surface area contributed by atoms with Crippen molar-refractivity contribution in [3.8, 4) is 0 Å². The van der Waals surface area contributed by atoms with Crippen molar-refractivity contribution in [2.75, 3.05) is 18.4 Å². The zero-order valence-corrected chi connectivity index (χ0v) is 11.8. The molecule has 1 N–H and O–H groups in total. The second-order valence-corrected chi connectivity index (χ2v) is 5.92. The predicted molar refractivity (Wildman–Crippen MR) is 75.4 cm³/mol. The minimum absolute atomic E-state index is 0.0399. The molecule has 1 aliphatic heterocycles. The topological polar surface area (TPSA) is 45.2 Å². The zero-order chi connectivity index (χ0) is 13.4. The highest BCUT2D eigenvalue weighted by molar-refractivity contribution is 6.34. The van der Waals surface area contributed by atoms with Crippen LogP contribution in [0.15, 0.2) is 12.3 Å². The second kappa shape index (κ2) is 5.00. The molecule has 19 heavy (non-hydrogen) atoms. The van der Waals surface area contributed by atoms with Crippen molar-refractivity contribution >= 4 is 23.3 Å². The Labute approximate surface area is 118 Å². The van der Waals surface area contributed by atoms with Crippen molar-refractivity contribution in [3.63, 3.8) is 0 Å². The molecular weight excluding hydrogens is 262 g/mol. The number of carbonyl (C=O) groups is 1. The first kappa shape index (κ1) is 12.7. The van der Waals surface area contributed by atoms with Gasteiger partial charge in [-0.3, -0.25) is 4.98 Å². The van der Waals surface area contributed by atoms with Crippen molar-refractivity contribution in [3.05, 3.63) is 23.0 Å². The van der Waals surface area contributed by atoms with Crippen LogP contribution in [0.2, 0.25) is 5.02 Å². The SMILES string of the molecule is Cc1nccc(NC(=O)N2CC3CCCC3C2)c1Cl. The molecule has 1 saturated heterocycles. The van der Waals surface area contributed by atoms with E-state index in [0.717, 1.165) is 18.8 Å². The third-order valence-corrected chi connectivity index (χ3v) is 4.80. The number of hydrogen-bond acceptors (Lipinski definition) is 2. The van der Waals surface area contributed by atoms with E-state index in [1.807, 2.05) is 11.8 Å². The fourth-order valence-corrected chi connectivity index (χ4v) is 3.40. The average Bonchev–Trinajstić information content (AvgIpc) is 2.95. The standard InChI is InChI=1S/C14H18ClN3O/c1-9-13(15)12(5-6-16-9)17-14(19)18-7-10-3-2-4-11(10)8-18/h5-6,10-11H,2-4,7-8H2,1H3,(H,16,17,19). The molecule has 4 nitrogen and oxygen atoms in total. The summed E-state index contributed by atoms with van der Waals surface area (Å²) in [6, 6.07) is 1.70. The molecule has 1 aromatic rings. The molecule has 3 rings (SSSR count). The first-order valence-electron chi connectivity index (χ1n) is 6.82. The summed E-state index contributed by atoms with van der Waals surface area (Å²) in [5.74, 6) is 1.42. The second-order valence-electron chi connectivity index (χ2n) is 5.54. The average molecular weight is 280 g/mol. The summed E-state index contributed by atoms with van der Waals surface area (Å²) in [5.41, 5.74) is 1.38. The molecule has 2 aliphatic rings. The van der Waals surface area contributed by atoms with Gasteiger partial charge in [0.15, 0.2) is 0 Å². The molecule has 5 heteroatoms. The van der Waals surface area contributed by atoms with E-state index in [9.17, 15) is 4.79 Å². The van der Waals surface area contributed by atoms with Gasteiger partial charge in [-0.25, -0.2) is 4.79 Å². The summed E-state index contributed by atoms with van der Waals surface area (Å²) in [7, 11) is 0. The molecule has 1 aromatic heterocycles. The molecular formula is C14H18ClN3O. The summed E-state index contributed by atoms with van der Waals surface area (Å²) >= 11 is 6.14. The number of nitrogens with one attached hydrogen (secondary N) is 1. The van der Waals surface area contributed by atoms with Crippen molar-refractivity contribution in [2.24, 2.45) is 11.8 Å². The highest BCUT2D eigenvalue weighted by Gasteiger charge is 2.38. The van der Waals surface area contributed by atoms with Crippen LogP contribution < -0.4 is 5.32 Å². The number of likely N-dealkylation sites (tertiary alicyclic amines) is 1. The Hall–Kier alpha value is -1.29. The number of pyridine rings is 1. The van der Waals surface area contributed by atoms with Gasteiger partial charge in [0.1, 0.15) is 0 Å². The number of nitrogens with zero attached hydrogens (tertiary/aromatic N) is 2. The maximum atomic E-state index is 12.2. The molecule has 102 valence electrons. The third kappa shape index (κ3) is 2.41. The molecule has 1 saturated carbocycles. The summed E-state index contributed by atoms with van der Waals surface area (Å²) in [4.78, 5) is 18.3. The van der Waals surface area contributed by atoms with E-state index >= 15 is 0 Å². The minimum atomic E-state index is -0.0399. The Kier molecular flexibility index (Phi) is 3.35. The molecule has 2 unspecified atom stereocenters. The molecule has 2 amide bonds. The predicted octanol–water partition coefficient (Wildman–Crippen LogP) is 3.31. The van der Waals surface area contributed by atoms with E-state index in [1.165, 1.54) is 19.3 Å². The number of aromatic nitrogens is 1. The maximum Gasteiger partial charge on any atom is 0.321 e. The van der Waals surface area contributed by atoms with Gasteiger partial charge in [0.2, 0.25) is 0 Å². The number of fused-ring (bicyclic) bond motifs is 1. The van der Waals surface area contributed by atoms with Crippen LogP contribution in [0.3, 0.4) is 0 Å². The number of hydrogen-bond donors (Lipinski definition) is 1. The number of rotatable bonds is 1. The lowest BCUT2D eigenvalue weighted by Crippen LogP contribution is -2.33. The lowest BCUT2D eigenvalue weighted by Gasteiger charge is -2.18. The van der Waals surface area contributed by atoms with Crippen molar-refractivity contribution in [2.45, 2.75) is 26.2 Å². The van der Waals surface area contributed by atoms with Crippen LogP contribution in [0.4, 0.5) is 10.5 Å². The van der Waals surface area contributed by atoms with Crippen LogP contribution in [0, 0.1) is 18.8 Å². The van der Waals surface area contributed by atoms with E-state index in [4.69, 9.17) is 11.6 Å². The number of carbonyl (C=O) groups excluding carboxylic acids is 1. The fourth-order valence-electron chi connectivity index (χ4n) is 3.24. The van der Waals surface area contributed by atoms with Crippen LogP contribution in [0.5, 0.6) is 0 Å². The van der Waals surface area contributed by atoms with Gasteiger partial charge < -0.3 is 10.2 Å². The van der Waals surface area contributed by atoms with E-state index < -0.39 is 0 Å². The van der Waals surface area contributed by atoms with Crippen molar-refractivity contribution < 1.29 is 4.79 Å². The molecule has 1 aliphatic carbocycles. The lowest BCUT2D eigenvalue weighted by atomic mass is 10.0. The molecule has 0 spiro atoms. The van der Waals surface area contributed by atoms with E-state index in [2.05, 4.69) is 10.3 Å². The Morgan fingerprint density at radius 3 is 2.79 bits per heavy atom. The highest BCUT2D eigenvalue weighted by atomic mass is 35.5. The van der Waals surface area contributed by atoms with Crippen LogP contribution in [-0.2, 0) is 0 Å². The summed E-state index contributed by atoms with van der Waals surface area (Å²) < 4.78 is 0. The van der Waals surface area contributed by atoms with Crippen LogP contribution in [0.25, 0.3) is 0 Å². The lowest BCUT2D eigenvalue weighted by molar-refractivity contribution is 0.219. The smallest absolute Gasteiger partial charge is 0.321 e. The van der Waals surface area contributed by atoms with E-state index in [1.54, 1.807) is 12.3 Å². The number of anilines is 1. The number of amides is 2. The first-order valence-corrected chi connectivity index (χ1v) is 7.20. The van der Waals surface area contributed by atoms with Crippen LogP contribution in [-0.4, -0.2) is 29.0 Å². The van der Waals surface area contributed by atoms with Gasteiger partial charge in [-0.2, -0.15) is 0 Å². The largest absolute Gasteiger partial charge is 0.324 e. The van der Waals surface area contributed by atoms with Gasteiger partial charge in [-0.05, 0) is 37.7 Å². The monoisotopic (exact) mass is 279 g/mol. The van der Waals surface area contributed by atoms with E-state index in [0.29, 0.717) is 22.5 Å². The number of urea groups is 1. The first-order chi connectivity index (χ1) is 9.15. The molecule has 0 bridgehead atoms. The Morgan fingerprint density at radius 2 is 2.11 bits per heavy atom. The Balaban J connectivity index is 1.67. The summed E-state index contributed by atoms with van der Waals surface area (Å²) in [5, 5.41) is 3.42. The summed E-state index contributed by atoms with van der Waals surface area (Å²) in [6.07, 6.45) is 5.52. The third-order valence-electron chi connectivity index (χ3n) is 4.32. The number of aryl methyl sites for hydroxylation is 1. The zero-order valence-electron chi connectivity index (χ0n) is 11.0. The molecule has 2 atom stereocenters. The maximum absolute atomic E-state index is 12.2. The molecule has 0 aromatic carbocycles. The summed E-state index contributed by atoms with van der Waals surface area (Å²) in [6.45, 7) is 3.61. The normalized spacial score (nSPS) is 25.5. The van der Waals surface area contributed by atoms with Gasteiger partial charge in [-0.1, -0.05) is 18.0 Å². The molecule has 2 fully saturated rings. The van der Waals surface area contributed by atoms with Crippen LogP contribution >= 0.6 is 11.6 Å². The van der Waals surface area contributed by atoms with Crippen molar-refractivity contribution in [1.82, 2.24) is 9.88 Å². The fraction of sp³-hybridized carbons (Fsp3) is 0.571. The molecule has 2 heterocycles. The molecule has 0 radical (unpaired) electrons. The van der Waals surface area contributed by atoms with Crippen molar-refractivity contribution in [1.29, 1.82) is 0 Å².